The average Bonchev–Trinajstić information content (AvgIpc) is 3.15. The van der Waals surface area contributed by atoms with E-state index in [1.54, 1.807) is 6.07 Å². The van der Waals surface area contributed by atoms with Gasteiger partial charge in [0.05, 0.1) is 6.20 Å². The molecule has 3 nitrogen and oxygen atoms in total. The molecule has 0 bridgehead atoms. The van der Waals surface area contributed by atoms with E-state index in [0.29, 0.717) is 29.8 Å². The predicted octanol–water partition coefficient (Wildman–Crippen LogP) is 5.01. The maximum absolute atomic E-state index is 14.2. The van der Waals surface area contributed by atoms with Crippen LogP contribution in [-0.2, 0) is 6.54 Å². The van der Waals surface area contributed by atoms with E-state index >= 15 is 0 Å². The third kappa shape index (κ3) is 3.67. The fourth-order valence-electron chi connectivity index (χ4n) is 3.88. The van der Waals surface area contributed by atoms with Crippen LogP contribution in [0.3, 0.4) is 0 Å². The molecule has 2 aromatic carbocycles. The Morgan fingerprint density at radius 1 is 1.04 bits per heavy atom. The van der Waals surface area contributed by atoms with Gasteiger partial charge in [-0.1, -0.05) is 12.1 Å². The van der Waals surface area contributed by atoms with Crippen LogP contribution < -0.4 is 0 Å². The van der Waals surface area contributed by atoms with Gasteiger partial charge in [-0.25, -0.2) is 17.6 Å². The number of rotatable bonds is 4. The molecule has 1 saturated heterocycles. The Balaban J connectivity index is 1.56. The van der Waals surface area contributed by atoms with Gasteiger partial charge in [0, 0.05) is 47.5 Å². The number of piperidine rings is 1. The molecule has 1 aliphatic heterocycles. The van der Waals surface area contributed by atoms with Crippen LogP contribution in [0.2, 0.25) is 0 Å². The fraction of sp³-hybridized carbons (Fsp3) is 0.286. The molecule has 146 valence electrons. The van der Waals surface area contributed by atoms with Crippen LogP contribution in [-0.4, -0.2) is 28.2 Å². The van der Waals surface area contributed by atoms with Crippen LogP contribution in [0.1, 0.15) is 30.0 Å². The van der Waals surface area contributed by atoms with Crippen molar-refractivity contribution in [2.45, 2.75) is 25.3 Å². The van der Waals surface area contributed by atoms with Gasteiger partial charge in [0.25, 0.3) is 0 Å². The number of likely N-dealkylation sites (tertiary alicyclic amines) is 1. The second-order valence-corrected chi connectivity index (χ2v) is 7.11. The SMILES string of the molecule is Fc1ccc(-c2cn[nH]c2C2CCCN(Cc3cccc(F)c3F)C2)c(F)c1. The largest absolute Gasteiger partial charge is 0.298 e. The molecule has 0 spiro atoms. The lowest BCUT2D eigenvalue weighted by molar-refractivity contribution is 0.196. The van der Waals surface area contributed by atoms with E-state index in [-0.39, 0.29) is 5.92 Å². The molecule has 0 amide bonds. The monoisotopic (exact) mass is 389 g/mol. The average molecular weight is 389 g/mol. The number of benzene rings is 2. The molecule has 1 aliphatic rings. The molecule has 1 unspecified atom stereocenters. The highest BCUT2D eigenvalue weighted by Gasteiger charge is 2.26. The van der Waals surface area contributed by atoms with Crippen molar-refractivity contribution in [1.29, 1.82) is 0 Å². The molecule has 7 heteroatoms. The molecule has 1 N–H and O–H groups in total. The smallest absolute Gasteiger partial charge is 0.163 e. The van der Waals surface area contributed by atoms with Crippen molar-refractivity contribution >= 4 is 0 Å². The van der Waals surface area contributed by atoms with Gasteiger partial charge >= 0.3 is 0 Å². The number of halogens is 4. The summed E-state index contributed by atoms with van der Waals surface area (Å²) >= 11 is 0. The summed E-state index contributed by atoms with van der Waals surface area (Å²) in [5.74, 6) is -2.91. The first-order chi connectivity index (χ1) is 13.5. The minimum absolute atomic E-state index is 0.0346. The molecule has 0 saturated carbocycles. The number of aromatic nitrogens is 2. The van der Waals surface area contributed by atoms with Gasteiger partial charge in [-0.05, 0) is 37.6 Å². The minimum Gasteiger partial charge on any atom is -0.298 e. The summed E-state index contributed by atoms with van der Waals surface area (Å²) in [6, 6.07) is 7.66. The van der Waals surface area contributed by atoms with Crippen LogP contribution in [0, 0.1) is 23.3 Å². The fourth-order valence-corrected chi connectivity index (χ4v) is 3.88. The molecule has 28 heavy (non-hydrogen) atoms. The molecule has 0 radical (unpaired) electrons. The van der Waals surface area contributed by atoms with E-state index in [2.05, 4.69) is 15.1 Å². The molecule has 0 aliphatic carbocycles. The molecular weight excluding hydrogens is 370 g/mol. The van der Waals surface area contributed by atoms with Gasteiger partial charge in [0.15, 0.2) is 11.6 Å². The minimum atomic E-state index is -0.853. The first kappa shape index (κ1) is 18.7. The zero-order chi connectivity index (χ0) is 19.7. The van der Waals surface area contributed by atoms with Crippen molar-refractivity contribution in [1.82, 2.24) is 15.1 Å². The van der Waals surface area contributed by atoms with Gasteiger partial charge in [-0.15, -0.1) is 0 Å². The lowest BCUT2D eigenvalue weighted by Gasteiger charge is -2.32. The molecule has 4 rings (SSSR count). The van der Waals surface area contributed by atoms with Gasteiger partial charge in [-0.2, -0.15) is 5.10 Å². The highest BCUT2D eigenvalue weighted by Crippen LogP contribution is 2.34. The Hall–Kier alpha value is -2.67. The van der Waals surface area contributed by atoms with E-state index in [4.69, 9.17) is 0 Å². The quantitative estimate of drug-likeness (QED) is 0.636. The van der Waals surface area contributed by atoms with Crippen molar-refractivity contribution in [2.75, 3.05) is 13.1 Å². The first-order valence-electron chi connectivity index (χ1n) is 9.17. The second-order valence-electron chi connectivity index (χ2n) is 7.11. The summed E-state index contributed by atoms with van der Waals surface area (Å²) in [6.45, 7) is 1.67. The summed E-state index contributed by atoms with van der Waals surface area (Å²) in [5.41, 5.74) is 1.98. The molecule has 2 heterocycles. The summed E-state index contributed by atoms with van der Waals surface area (Å²) < 4.78 is 54.9. The van der Waals surface area contributed by atoms with E-state index in [1.807, 2.05) is 0 Å². The number of H-pyrrole nitrogens is 1. The maximum atomic E-state index is 14.2. The first-order valence-corrected chi connectivity index (χ1v) is 9.17. The Kier molecular flexibility index (Phi) is 5.17. The van der Waals surface area contributed by atoms with Crippen LogP contribution in [0.5, 0.6) is 0 Å². The van der Waals surface area contributed by atoms with Gasteiger partial charge in [-0.3, -0.25) is 10.00 Å². The highest BCUT2D eigenvalue weighted by molar-refractivity contribution is 5.66. The van der Waals surface area contributed by atoms with Crippen molar-refractivity contribution in [3.8, 4) is 11.1 Å². The highest BCUT2D eigenvalue weighted by atomic mass is 19.2. The number of aromatic amines is 1. The van der Waals surface area contributed by atoms with Crippen molar-refractivity contribution < 1.29 is 17.6 Å². The molecule has 1 fully saturated rings. The van der Waals surface area contributed by atoms with E-state index in [9.17, 15) is 17.6 Å². The Bertz CT molecular complexity index is 986. The molecule has 1 atom stereocenters. The van der Waals surface area contributed by atoms with Crippen LogP contribution in [0.15, 0.2) is 42.6 Å². The van der Waals surface area contributed by atoms with Crippen molar-refractivity contribution in [3.05, 3.63) is 77.1 Å². The zero-order valence-electron chi connectivity index (χ0n) is 15.1. The summed E-state index contributed by atoms with van der Waals surface area (Å²) in [5, 5.41) is 7.01. The van der Waals surface area contributed by atoms with E-state index in [0.717, 1.165) is 37.2 Å². The normalized spacial score (nSPS) is 17.8. The van der Waals surface area contributed by atoms with Crippen LogP contribution >= 0.6 is 0 Å². The van der Waals surface area contributed by atoms with Gasteiger partial charge < -0.3 is 0 Å². The summed E-state index contributed by atoms with van der Waals surface area (Å²) in [7, 11) is 0. The molecule has 1 aromatic heterocycles. The van der Waals surface area contributed by atoms with E-state index < -0.39 is 23.3 Å². The third-order valence-corrected chi connectivity index (χ3v) is 5.23. The lowest BCUT2D eigenvalue weighted by atomic mass is 9.90. The predicted molar refractivity (Wildman–Crippen MR) is 97.5 cm³/mol. The van der Waals surface area contributed by atoms with Crippen molar-refractivity contribution in [2.24, 2.45) is 0 Å². The Labute approximate surface area is 160 Å². The number of nitrogens with one attached hydrogen (secondary N) is 1. The Morgan fingerprint density at radius 3 is 2.71 bits per heavy atom. The van der Waals surface area contributed by atoms with Gasteiger partial charge in [0.1, 0.15) is 11.6 Å². The lowest BCUT2D eigenvalue weighted by Crippen LogP contribution is -2.34. The third-order valence-electron chi connectivity index (χ3n) is 5.23. The summed E-state index contributed by atoms with van der Waals surface area (Å²) in [6.07, 6.45) is 3.27. The number of hydrogen-bond acceptors (Lipinski definition) is 2. The summed E-state index contributed by atoms with van der Waals surface area (Å²) in [4.78, 5) is 2.05. The van der Waals surface area contributed by atoms with Crippen LogP contribution in [0.25, 0.3) is 11.1 Å². The zero-order valence-corrected chi connectivity index (χ0v) is 15.1. The maximum Gasteiger partial charge on any atom is 0.163 e. The van der Waals surface area contributed by atoms with E-state index in [1.165, 1.54) is 24.4 Å². The van der Waals surface area contributed by atoms with Gasteiger partial charge in [0.2, 0.25) is 0 Å². The number of nitrogens with zero attached hydrogens (tertiary/aromatic N) is 2. The standard InChI is InChI=1S/C21H19F4N3/c22-15-6-7-16(19(24)9-15)17-10-26-27-21(17)14-4-2-8-28(12-14)11-13-3-1-5-18(23)20(13)25/h1,3,5-7,9-10,14H,2,4,8,11-12H2,(H,26,27). The second kappa shape index (κ2) is 7.75. The Morgan fingerprint density at radius 2 is 1.89 bits per heavy atom. The molecule has 3 aromatic rings. The van der Waals surface area contributed by atoms with Crippen molar-refractivity contribution in [3.63, 3.8) is 0 Å². The topological polar surface area (TPSA) is 31.9 Å². The molecular formula is C21H19F4N3. The van der Waals surface area contributed by atoms with Crippen LogP contribution in [0.4, 0.5) is 17.6 Å². The number of hydrogen-bond donors (Lipinski definition) is 1.